The molecule has 1 aliphatic rings. The minimum absolute atomic E-state index is 0.0586. The third-order valence-corrected chi connectivity index (χ3v) is 3.92. The molecule has 1 fully saturated rings. The summed E-state index contributed by atoms with van der Waals surface area (Å²) in [5.41, 5.74) is 3.53. The molecule has 3 heteroatoms. The van der Waals surface area contributed by atoms with Crippen LogP contribution < -0.4 is 10.1 Å². The van der Waals surface area contributed by atoms with Gasteiger partial charge in [0.25, 0.3) is 0 Å². The van der Waals surface area contributed by atoms with Crippen molar-refractivity contribution in [2.75, 3.05) is 13.2 Å². The molecule has 104 valence electrons. The lowest BCUT2D eigenvalue weighted by Crippen LogP contribution is -2.31. The van der Waals surface area contributed by atoms with Crippen LogP contribution in [0.25, 0.3) is 0 Å². The van der Waals surface area contributed by atoms with Crippen molar-refractivity contribution in [1.29, 1.82) is 0 Å². The molecule has 1 saturated heterocycles. The second-order valence-electron chi connectivity index (χ2n) is 5.37. The van der Waals surface area contributed by atoms with Gasteiger partial charge in [0.15, 0.2) is 5.78 Å². The van der Waals surface area contributed by atoms with Crippen LogP contribution in [-0.2, 0) is 4.79 Å². The van der Waals surface area contributed by atoms with Gasteiger partial charge in [-0.25, -0.2) is 0 Å². The Balaban J connectivity index is 1.89. The van der Waals surface area contributed by atoms with Gasteiger partial charge in [-0.15, -0.1) is 0 Å². The van der Waals surface area contributed by atoms with Crippen molar-refractivity contribution in [3.8, 4) is 5.75 Å². The number of Topliss-reactive ketones (excluding diaryl/α,β-unsaturated/α-hetero) is 1. The van der Waals surface area contributed by atoms with E-state index >= 15 is 0 Å². The predicted molar refractivity (Wildman–Crippen MR) is 76.8 cm³/mol. The Bertz CT molecular complexity index is 462. The number of aryl methyl sites for hydroxylation is 2. The average molecular weight is 261 g/mol. The van der Waals surface area contributed by atoms with Gasteiger partial charge in [-0.2, -0.15) is 0 Å². The van der Waals surface area contributed by atoms with E-state index in [4.69, 9.17) is 4.74 Å². The highest BCUT2D eigenvalue weighted by Crippen LogP contribution is 2.25. The highest BCUT2D eigenvalue weighted by molar-refractivity contribution is 5.84. The van der Waals surface area contributed by atoms with Gasteiger partial charge < -0.3 is 10.1 Å². The molecule has 1 heterocycles. The number of carbonyl (C=O) groups is 1. The van der Waals surface area contributed by atoms with Crippen LogP contribution in [0.5, 0.6) is 5.75 Å². The highest BCUT2D eigenvalue weighted by Gasteiger charge is 2.21. The summed E-state index contributed by atoms with van der Waals surface area (Å²) in [6.45, 7) is 7.63. The summed E-state index contributed by atoms with van der Waals surface area (Å²) in [6.07, 6.45) is 2.57. The molecule has 19 heavy (non-hydrogen) atoms. The van der Waals surface area contributed by atoms with Crippen LogP contribution in [0.2, 0.25) is 0 Å². The van der Waals surface area contributed by atoms with Gasteiger partial charge >= 0.3 is 0 Å². The van der Waals surface area contributed by atoms with E-state index in [1.54, 1.807) is 0 Å². The molecule has 3 nitrogen and oxygen atoms in total. The second-order valence-corrected chi connectivity index (χ2v) is 5.37. The van der Waals surface area contributed by atoms with Crippen molar-refractivity contribution in [3.05, 3.63) is 28.8 Å². The van der Waals surface area contributed by atoms with Gasteiger partial charge in [0, 0.05) is 6.42 Å². The lowest BCUT2D eigenvalue weighted by Gasteiger charge is -2.14. The van der Waals surface area contributed by atoms with Crippen molar-refractivity contribution in [3.63, 3.8) is 0 Å². The van der Waals surface area contributed by atoms with Crippen molar-refractivity contribution < 1.29 is 9.53 Å². The zero-order valence-electron chi connectivity index (χ0n) is 12.1. The van der Waals surface area contributed by atoms with E-state index in [1.165, 1.54) is 11.1 Å². The summed E-state index contributed by atoms with van der Waals surface area (Å²) < 4.78 is 5.83. The molecular weight excluding hydrogens is 238 g/mol. The molecule has 0 aromatic heterocycles. The van der Waals surface area contributed by atoms with E-state index in [-0.39, 0.29) is 11.8 Å². The zero-order valence-corrected chi connectivity index (χ0v) is 12.1. The van der Waals surface area contributed by atoms with Crippen LogP contribution in [0, 0.1) is 20.8 Å². The lowest BCUT2D eigenvalue weighted by atomic mass is 10.1. The van der Waals surface area contributed by atoms with Crippen LogP contribution in [0.4, 0.5) is 0 Å². The maximum absolute atomic E-state index is 11.9. The Morgan fingerprint density at radius 1 is 1.32 bits per heavy atom. The second kappa shape index (κ2) is 6.20. The van der Waals surface area contributed by atoms with E-state index in [2.05, 4.69) is 31.3 Å². The summed E-state index contributed by atoms with van der Waals surface area (Å²) in [5.74, 6) is 1.22. The molecule has 1 aromatic rings. The Labute approximate surface area is 115 Å². The monoisotopic (exact) mass is 261 g/mol. The fourth-order valence-corrected chi connectivity index (χ4v) is 2.53. The Hall–Kier alpha value is -1.35. The SMILES string of the molecule is Cc1ccc(C)c(OCCC(=O)C2CCCN2)c1C. The number of hydrogen-bond acceptors (Lipinski definition) is 3. The van der Waals surface area contributed by atoms with Crippen LogP contribution in [-0.4, -0.2) is 25.0 Å². The predicted octanol–water partition coefficient (Wildman–Crippen LogP) is 2.70. The number of ether oxygens (including phenoxy) is 1. The van der Waals surface area contributed by atoms with Crippen LogP contribution >= 0.6 is 0 Å². The number of nitrogens with one attached hydrogen (secondary N) is 1. The van der Waals surface area contributed by atoms with Gasteiger partial charge in [-0.3, -0.25) is 4.79 Å². The molecule has 1 aliphatic heterocycles. The largest absolute Gasteiger partial charge is 0.493 e. The quantitative estimate of drug-likeness (QED) is 0.885. The van der Waals surface area contributed by atoms with Gasteiger partial charge in [-0.1, -0.05) is 12.1 Å². The fraction of sp³-hybridized carbons (Fsp3) is 0.562. The van der Waals surface area contributed by atoms with Crippen molar-refractivity contribution in [2.24, 2.45) is 0 Å². The standard InChI is InChI=1S/C16H23NO2/c1-11-6-7-12(2)16(13(11)3)19-10-8-15(18)14-5-4-9-17-14/h6-7,14,17H,4-5,8-10H2,1-3H3. The Morgan fingerprint density at radius 3 is 2.74 bits per heavy atom. The van der Waals surface area contributed by atoms with Gasteiger partial charge in [0.05, 0.1) is 12.6 Å². The molecule has 2 rings (SSSR count). The fourth-order valence-electron chi connectivity index (χ4n) is 2.53. The molecule has 1 unspecified atom stereocenters. The molecule has 0 bridgehead atoms. The minimum atomic E-state index is 0.0586. The van der Waals surface area contributed by atoms with Gasteiger partial charge in [-0.05, 0) is 56.8 Å². The molecule has 1 atom stereocenters. The van der Waals surface area contributed by atoms with Crippen LogP contribution in [0.3, 0.4) is 0 Å². The van der Waals surface area contributed by atoms with E-state index in [0.717, 1.165) is 30.7 Å². The number of carbonyl (C=O) groups excluding carboxylic acids is 1. The van der Waals surface area contributed by atoms with Gasteiger partial charge in [0.1, 0.15) is 5.75 Å². The summed E-state index contributed by atoms with van der Waals surface area (Å²) in [7, 11) is 0. The maximum atomic E-state index is 11.9. The van der Waals surface area contributed by atoms with Crippen LogP contribution in [0.15, 0.2) is 12.1 Å². The molecule has 0 spiro atoms. The van der Waals surface area contributed by atoms with E-state index < -0.39 is 0 Å². The first-order chi connectivity index (χ1) is 9.09. The zero-order chi connectivity index (χ0) is 13.8. The number of benzene rings is 1. The molecule has 0 saturated carbocycles. The molecule has 1 N–H and O–H groups in total. The Kier molecular flexibility index (Phi) is 4.59. The normalized spacial score (nSPS) is 18.6. The van der Waals surface area contributed by atoms with Crippen molar-refractivity contribution in [1.82, 2.24) is 5.32 Å². The van der Waals surface area contributed by atoms with E-state index in [1.807, 2.05) is 6.92 Å². The first-order valence-electron chi connectivity index (χ1n) is 7.05. The molecule has 0 aliphatic carbocycles. The third kappa shape index (κ3) is 3.35. The summed E-state index contributed by atoms with van der Waals surface area (Å²) >= 11 is 0. The lowest BCUT2D eigenvalue weighted by molar-refractivity contribution is -0.121. The van der Waals surface area contributed by atoms with E-state index in [9.17, 15) is 4.79 Å². The van der Waals surface area contributed by atoms with Crippen LogP contribution in [0.1, 0.15) is 36.0 Å². The summed E-state index contributed by atoms with van der Waals surface area (Å²) in [5, 5.41) is 3.23. The molecule has 0 radical (unpaired) electrons. The molecule has 1 aromatic carbocycles. The number of ketones is 1. The topological polar surface area (TPSA) is 38.3 Å². The first-order valence-corrected chi connectivity index (χ1v) is 7.05. The van der Waals surface area contributed by atoms with Crippen molar-refractivity contribution in [2.45, 2.75) is 46.1 Å². The number of hydrogen-bond donors (Lipinski definition) is 1. The summed E-state index contributed by atoms with van der Waals surface area (Å²) in [4.78, 5) is 11.9. The highest BCUT2D eigenvalue weighted by atomic mass is 16.5. The summed E-state index contributed by atoms with van der Waals surface area (Å²) in [6, 6.07) is 4.23. The first kappa shape index (κ1) is 14.1. The van der Waals surface area contributed by atoms with E-state index in [0.29, 0.717) is 13.0 Å². The maximum Gasteiger partial charge on any atom is 0.153 e. The Morgan fingerprint density at radius 2 is 2.05 bits per heavy atom. The smallest absolute Gasteiger partial charge is 0.153 e. The molecule has 0 amide bonds. The van der Waals surface area contributed by atoms with Gasteiger partial charge in [0.2, 0.25) is 0 Å². The minimum Gasteiger partial charge on any atom is -0.493 e. The average Bonchev–Trinajstić information content (AvgIpc) is 2.92. The van der Waals surface area contributed by atoms with Crippen molar-refractivity contribution >= 4 is 5.78 Å². The third-order valence-electron chi connectivity index (χ3n) is 3.92. The molecular formula is C16H23NO2. The number of rotatable bonds is 5.